The van der Waals surface area contributed by atoms with E-state index < -0.39 is 0 Å². The molecule has 0 heterocycles. The highest BCUT2D eigenvalue weighted by Gasteiger charge is 2.16. The van der Waals surface area contributed by atoms with Crippen molar-refractivity contribution in [3.05, 3.63) is 29.8 Å². The summed E-state index contributed by atoms with van der Waals surface area (Å²) in [5.41, 5.74) is 7.38. The smallest absolute Gasteiger partial charge is 0.118 e. The van der Waals surface area contributed by atoms with E-state index in [0.717, 1.165) is 5.75 Å². The van der Waals surface area contributed by atoms with Crippen molar-refractivity contribution >= 4 is 11.8 Å². The SMILES string of the molecule is COc1ccc(C(N)C(C)SC(C)C)cc1. The number of ether oxygens (including phenoxy) is 1. The minimum Gasteiger partial charge on any atom is -0.497 e. The first-order valence-corrected chi connectivity index (χ1v) is 6.54. The molecule has 0 fully saturated rings. The lowest BCUT2D eigenvalue weighted by molar-refractivity contribution is 0.414. The van der Waals surface area contributed by atoms with Crippen LogP contribution in [0.3, 0.4) is 0 Å². The van der Waals surface area contributed by atoms with Gasteiger partial charge < -0.3 is 10.5 Å². The Morgan fingerprint density at radius 1 is 1.12 bits per heavy atom. The maximum atomic E-state index is 6.22. The van der Waals surface area contributed by atoms with Gasteiger partial charge in [-0.05, 0) is 22.9 Å². The number of thioether (sulfide) groups is 1. The summed E-state index contributed by atoms with van der Waals surface area (Å²) < 4.78 is 5.13. The quantitative estimate of drug-likeness (QED) is 0.857. The van der Waals surface area contributed by atoms with Crippen molar-refractivity contribution in [2.75, 3.05) is 7.11 Å². The zero-order valence-corrected chi connectivity index (χ0v) is 11.3. The Balaban J connectivity index is 2.67. The summed E-state index contributed by atoms with van der Waals surface area (Å²) in [4.78, 5) is 0. The van der Waals surface area contributed by atoms with Crippen LogP contribution < -0.4 is 10.5 Å². The van der Waals surface area contributed by atoms with E-state index in [1.165, 1.54) is 5.56 Å². The van der Waals surface area contributed by atoms with Crippen LogP contribution in [0.5, 0.6) is 5.75 Å². The van der Waals surface area contributed by atoms with E-state index in [9.17, 15) is 0 Å². The van der Waals surface area contributed by atoms with Gasteiger partial charge in [-0.25, -0.2) is 0 Å². The topological polar surface area (TPSA) is 35.2 Å². The van der Waals surface area contributed by atoms with E-state index in [1.54, 1.807) is 7.11 Å². The third kappa shape index (κ3) is 3.72. The highest BCUT2D eigenvalue weighted by atomic mass is 32.2. The summed E-state index contributed by atoms with van der Waals surface area (Å²) in [6.45, 7) is 6.57. The summed E-state index contributed by atoms with van der Waals surface area (Å²) in [5, 5.41) is 1.03. The largest absolute Gasteiger partial charge is 0.497 e. The van der Waals surface area contributed by atoms with Gasteiger partial charge in [-0.2, -0.15) is 11.8 Å². The molecule has 0 radical (unpaired) electrons. The van der Waals surface area contributed by atoms with Gasteiger partial charge in [0.05, 0.1) is 7.11 Å². The molecule has 16 heavy (non-hydrogen) atoms. The predicted octanol–water partition coefficient (Wildman–Crippen LogP) is 3.23. The Bertz CT molecular complexity index is 310. The number of benzene rings is 1. The summed E-state index contributed by atoms with van der Waals surface area (Å²) in [6, 6.07) is 8.09. The molecule has 0 aliphatic rings. The first-order chi connectivity index (χ1) is 7.54. The van der Waals surface area contributed by atoms with Gasteiger partial charge >= 0.3 is 0 Å². The van der Waals surface area contributed by atoms with Crippen molar-refractivity contribution in [1.82, 2.24) is 0 Å². The van der Waals surface area contributed by atoms with E-state index in [2.05, 4.69) is 20.8 Å². The Labute approximate surface area is 103 Å². The second-order valence-electron chi connectivity index (χ2n) is 4.19. The van der Waals surface area contributed by atoms with Gasteiger partial charge in [0, 0.05) is 11.3 Å². The van der Waals surface area contributed by atoms with Gasteiger partial charge in [-0.3, -0.25) is 0 Å². The average Bonchev–Trinajstić information content (AvgIpc) is 2.27. The highest BCUT2D eigenvalue weighted by Crippen LogP contribution is 2.28. The molecule has 90 valence electrons. The van der Waals surface area contributed by atoms with Crippen molar-refractivity contribution in [3.63, 3.8) is 0 Å². The van der Waals surface area contributed by atoms with Gasteiger partial charge in [0.2, 0.25) is 0 Å². The molecular weight excluding hydrogens is 218 g/mol. The molecular formula is C13H21NOS. The molecule has 2 atom stereocenters. The van der Waals surface area contributed by atoms with Crippen molar-refractivity contribution in [2.24, 2.45) is 5.73 Å². The molecule has 0 aromatic heterocycles. The third-order valence-electron chi connectivity index (χ3n) is 2.49. The van der Waals surface area contributed by atoms with E-state index in [4.69, 9.17) is 10.5 Å². The van der Waals surface area contributed by atoms with Crippen LogP contribution in [0.2, 0.25) is 0 Å². The fourth-order valence-electron chi connectivity index (χ4n) is 1.61. The van der Waals surface area contributed by atoms with Crippen LogP contribution in [0.4, 0.5) is 0 Å². The van der Waals surface area contributed by atoms with Crippen molar-refractivity contribution < 1.29 is 4.74 Å². The molecule has 0 spiro atoms. The predicted molar refractivity (Wildman–Crippen MR) is 72.1 cm³/mol. The minimum atomic E-state index is 0.0818. The summed E-state index contributed by atoms with van der Waals surface area (Å²) in [7, 11) is 1.67. The number of hydrogen-bond donors (Lipinski definition) is 1. The Morgan fingerprint density at radius 3 is 2.12 bits per heavy atom. The molecule has 1 aromatic carbocycles. The molecule has 0 aliphatic carbocycles. The van der Waals surface area contributed by atoms with Gasteiger partial charge in [-0.1, -0.05) is 32.9 Å². The fraction of sp³-hybridized carbons (Fsp3) is 0.538. The summed E-state index contributed by atoms with van der Waals surface area (Å²) >= 11 is 1.91. The molecule has 1 rings (SSSR count). The van der Waals surface area contributed by atoms with Crippen molar-refractivity contribution in [1.29, 1.82) is 0 Å². The molecule has 0 aliphatic heterocycles. The van der Waals surface area contributed by atoms with Crippen LogP contribution in [0, 0.1) is 0 Å². The van der Waals surface area contributed by atoms with Crippen LogP contribution in [0.25, 0.3) is 0 Å². The normalized spacial score (nSPS) is 14.9. The highest BCUT2D eigenvalue weighted by molar-refractivity contribution is 8.00. The lowest BCUT2D eigenvalue weighted by Crippen LogP contribution is -2.22. The lowest BCUT2D eigenvalue weighted by Gasteiger charge is -2.21. The van der Waals surface area contributed by atoms with Crippen molar-refractivity contribution in [3.8, 4) is 5.75 Å². The van der Waals surface area contributed by atoms with Crippen LogP contribution in [-0.4, -0.2) is 17.6 Å². The molecule has 3 heteroatoms. The first kappa shape index (κ1) is 13.4. The van der Waals surface area contributed by atoms with E-state index in [0.29, 0.717) is 10.5 Å². The first-order valence-electron chi connectivity index (χ1n) is 5.59. The third-order valence-corrected chi connectivity index (χ3v) is 3.76. The van der Waals surface area contributed by atoms with Crippen LogP contribution >= 0.6 is 11.8 Å². The Hall–Kier alpha value is -0.670. The maximum Gasteiger partial charge on any atom is 0.118 e. The maximum absolute atomic E-state index is 6.22. The lowest BCUT2D eigenvalue weighted by atomic mass is 10.1. The zero-order valence-electron chi connectivity index (χ0n) is 10.4. The zero-order chi connectivity index (χ0) is 12.1. The number of nitrogens with two attached hydrogens (primary N) is 1. The molecule has 2 unspecified atom stereocenters. The standard InChI is InChI=1S/C13H21NOS/c1-9(2)16-10(3)13(14)11-5-7-12(15-4)8-6-11/h5-10,13H,14H2,1-4H3. The van der Waals surface area contributed by atoms with Gasteiger partial charge in [0.1, 0.15) is 5.75 Å². The van der Waals surface area contributed by atoms with Crippen LogP contribution in [-0.2, 0) is 0 Å². The molecule has 2 nitrogen and oxygen atoms in total. The van der Waals surface area contributed by atoms with Crippen LogP contribution in [0.1, 0.15) is 32.4 Å². The number of rotatable bonds is 5. The fourth-order valence-corrected chi connectivity index (χ4v) is 2.80. The van der Waals surface area contributed by atoms with Gasteiger partial charge in [0.25, 0.3) is 0 Å². The second-order valence-corrected chi connectivity index (χ2v) is 6.15. The Morgan fingerprint density at radius 2 is 1.69 bits per heavy atom. The second kappa shape index (κ2) is 6.16. The Kier molecular flexibility index (Phi) is 5.16. The molecule has 1 aromatic rings. The molecule has 2 N–H and O–H groups in total. The average molecular weight is 239 g/mol. The minimum absolute atomic E-state index is 0.0818. The van der Waals surface area contributed by atoms with Gasteiger partial charge in [0.15, 0.2) is 0 Å². The van der Waals surface area contributed by atoms with E-state index in [-0.39, 0.29) is 6.04 Å². The van der Waals surface area contributed by atoms with Crippen LogP contribution in [0.15, 0.2) is 24.3 Å². The molecule has 0 saturated heterocycles. The van der Waals surface area contributed by atoms with Crippen molar-refractivity contribution in [2.45, 2.75) is 37.3 Å². The number of methoxy groups -OCH3 is 1. The summed E-state index contributed by atoms with van der Waals surface area (Å²) in [5.74, 6) is 0.875. The number of hydrogen-bond acceptors (Lipinski definition) is 3. The molecule has 0 amide bonds. The molecule has 0 saturated carbocycles. The molecule has 0 bridgehead atoms. The van der Waals surface area contributed by atoms with Gasteiger partial charge in [-0.15, -0.1) is 0 Å². The summed E-state index contributed by atoms with van der Waals surface area (Å²) in [6.07, 6.45) is 0. The van der Waals surface area contributed by atoms with E-state index >= 15 is 0 Å². The van der Waals surface area contributed by atoms with E-state index in [1.807, 2.05) is 36.0 Å². The monoisotopic (exact) mass is 239 g/mol.